The first-order valence-corrected chi connectivity index (χ1v) is 7.48. The number of hydrogen-bond donors (Lipinski definition) is 2. The van der Waals surface area contributed by atoms with Crippen LogP contribution < -0.4 is 11.1 Å². The van der Waals surface area contributed by atoms with E-state index in [9.17, 15) is 9.59 Å². The van der Waals surface area contributed by atoms with Crippen molar-refractivity contribution in [3.05, 3.63) is 0 Å². The van der Waals surface area contributed by atoms with Crippen LogP contribution >= 0.6 is 0 Å². The number of fused-ring (bicyclic) bond motifs is 2. The Morgan fingerprint density at radius 3 is 2.47 bits per heavy atom. The van der Waals surface area contributed by atoms with Gasteiger partial charge in [0.15, 0.2) is 0 Å². The molecule has 3 heterocycles. The van der Waals surface area contributed by atoms with E-state index >= 15 is 0 Å². The average Bonchev–Trinajstić information content (AvgIpc) is 2.96. The third-order valence-electron chi connectivity index (χ3n) is 4.94. The van der Waals surface area contributed by atoms with Gasteiger partial charge in [-0.1, -0.05) is 0 Å². The van der Waals surface area contributed by atoms with E-state index in [1.165, 1.54) is 12.8 Å². The van der Waals surface area contributed by atoms with Crippen molar-refractivity contribution in [2.75, 3.05) is 6.54 Å². The van der Waals surface area contributed by atoms with Crippen LogP contribution in [0.1, 0.15) is 44.9 Å². The SMILES string of the molecule is NC(=O)C1CCCN1C(=O)CC1CC2CCC(C1)N2. The highest BCUT2D eigenvalue weighted by molar-refractivity contribution is 5.87. The van der Waals surface area contributed by atoms with Gasteiger partial charge in [0.2, 0.25) is 11.8 Å². The minimum atomic E-state index is -0.356. The Morgan fingerprint density at radius 2 is 1.84 bits per heavy atom. The smallest absolute Gasteiger partial charge is 0.240 e. The number of amides is 2. The topological polar surface area (TPSA) is 75.4 Å². The lowest BCUT2D eigenvalue weighted by atomic mass is 9.89. The third-order valence-corrected chi connectivity index (χ3v) is 4.94. The van der Waals surface area contributed by atoms with Crippen molar-refractivity contribution < 1.29 is 9.59 Å². The van der Waals surface area contributed by atoms with E-state index in [4.69, 9.17) is 5.73 Å². The number of carbonyl (C=O) groups excluding carboxylic acids is 2. The second kappa shape index (κ2) is 5.12. The van der Waals surface area contributed by atoms with Crippen molar-refractivity contribution in [1.82, 2.24) is 10.2 Å². The molecule has 3 rings (SSSR count). The first-order chi connectivity index (χ1) is 9.13. The summed E-state index contributed by atoms with van der Waals surface area (Å²) in [6, 6.07) is 0.870. The lowest BCUT2D eigenvalue weighted by Crippen LogP contribution is -2.45. The number of piperidine rings is 1. The molecule has 3 atom stereocenters. The lowest BCUT2D eigenvalue weighted by Gasteiger charge is -2.30. The highest BCUT2D eigenvalue weighted by Gasteiger charge is 2.37. The number of primary amides is 1. The first kappa shape index (κ1) is 12.9. The molecule has 3 saturated heterocycles. The summed E-state index contributed by atoms with van der Waals surface area (Å²) in [6.07, 6.45) is 6.95. The van der Waals surface area contributed by atoms with Crippen LogP contribution in [0.4, 0.5) is 0 Å². The molecule has 0 aromatic heterocycles. The molecule has 0 radical (unpaired) electrons. The average molecular weight is 265 g/mol. The molecule has 0 aromatic carbocycles. The number of nitrogens with two attached hydrogens (primary N) is 1. The summed E-state index contributed by atoms with van der Waals surface area (Å²) >= 11 is 0. The predicted octanol–water partition coefficient (Wildman–Crippen LogP) is 0.383. The molecular weight excluding hydrogens is 242 g/mol. The molecule has 3 N–H and O–H groups in total. The fraction of sp³-hybridized carbons (Fsp3) is 0.857. The normalized spacial score (nSPS) is 37.6. The second-order valence-electron chi connectivity index (χ2n) is 6.33. The highest BCUT2D eigenvalue weighted by Crippen LogP contribution is 2.33. The fourth-order valence-corrected chi connectivity index (χ4v) is 4.07. The van der Waals surface area contributed by atoms with E-state index < -0.39 is 0 Å². The summed E-state index contributed by atoms with van der Waals surface area (Å²) in [6.45, 7) is 0.699. The zero-order valence-corrected chi connectivity index (χ0v) is 11.3. The molecule has 3 aliphatic rings. The minimum Gasteiger partial charge on any atom is -0.368 e. The third kappa shape index (κ3) is 2.61. The monoisotopic (exact) mass is 265 g/mol. The van der Waals surface area contributed by atoms with Gasteiger partial charge in [0, 0.05) is 25.0 Å². The number of carbonyl (C=O) groups is 2. The van der Waals surface area contributed by atoms with E-state index in [0.29, 0.717) is 31.0 Å². The van der Waals surface area contributed by atoms with Crippen LogP contribution in [0.15, 0.2) is 0 Å². The van der Waals surface area contributed by atoms with Gasteiger partial charge in [-0.2, -0.15) is 0 Å². The van der Waals surface area contributed by atoms with E-state index in [2.05, 4.69) is 5.32 Å². The molecule has 5 nitrogen and oxygen atoms in total. The van der Waals surface area contributed by atoms with Crippen LogP contribution in [0.25, 0.3) is 0 Å². The Balaban J connectivity index is 1.57. The Hall–Kier alpha value is -1.10. The largest absolute Gasteiger partial charge is 0.368 e. The van der Waals surface area contributed by atoms with Crippen LogP contribution in [-0.2, 0) is 9.59 Å². The zero-order valence-electron chi connectivity index (χ0n) is 11.3. The zero-order chi connectivity index (χ0) is 13.4. The lowest BCUT2D eigenvalue weighted by molar-refractivity contribution is -0.138. The molecule has 2 bridgehead atoms. The Morgan fingerprint density at radius 1 is 1.16 bits per heavy atom. The van der Waals surface area contributed by atoms with Gasteiger partial charge in [-0.3, -0.25) is 9.59 Å². The maximum Gasteiger partial charge on any atom is 0.240 e. The summed E-state index contributed by atoms with van der Waals surface area (Å²) in [5.74, 6) is 0.268. The molecule has 2 amide bonds. The van der Waals surface area contributed by atoms with Crippen molar-refractivity contribution in [2.24, 2.45) is 11.7 Å². The summed E-state index contributed by atoms with van der Waals surface area (Å²) in [4.78, 5) is 25.4. The molecule has 3 aliphatic heterocycles. The van der Waals surface area contributed by atoms with Crippen molar-refractivity contribution >= 4 is 11.8 Å². The van der Waals surface area contributed by atoms with Gasteiger partial charge in [-0.25, -0.2) is 0 Å². The molecule has 0 aromatic rings. The van der Waals surface area contributed by atoms with Crippen LogP contribution in [0.5, 0.6) is 0 Å². The highest BCUT2D eigenvalue weighted by atomic mass is 16.2. The molecule has 106 valence electrons. The number of nitrogens with one attached hydrogen (secondary N) is 1. The number of rotatable bonds is 3. The molecule has 3 unspecified atom stereocenters. The Kier molecular flexibility index (Phi) is 3.48. The standard InChI is InChI=1S/C14H23N3O2/c15-14(19)12-2-1-5-17(12)13(18)8-9-6-10-3-4-11(7-9)16-10/h9-12,16H,1-8H2,(H2,15,19). The second-order valence-corrected chi connectivity index (χ2v) is 6.33. The van der Waals surface area contributed by atoms with Gasteiger partial charge in [0.1, 0.15) is 6.04 Å². The van der Waals surface area contributed by atoms with Crippen molar-refractivity contribution in [2.45, 2.75) is 63.1 Å². The molecule has 0 aliphatic carbocycles. The number of likely N-dealkylation sites (tertiary alicyclic amines) is 1. The van der Waals surface area contributed by atoms with Crippen molar-refractivity contribution in [3.63, 3.8) is 0 Å². The van der Waals surface area contributed by atoms with Gasteiger partial charge in [0.05, 0.1) is 0 Å². The molecule has 3 fully saturated rings. The molecule has 5 heteroatoms. The maximum absolute atomic E-state index is 12.4. The van der Waals surface area contributed by atoms with Crippen molar-refractivity contribution in [3.8, 4) is 0 Å². The quantitative estimate of drug-likeness (QED) is 0.775. The first-order valence-electron chi connectivity index (χ1n) is 7.48. The van der Waals surface area contributed by atoms with Gasteiger partial charge in [-0.15, -0.1) is 0 Å². The van der Waals surface area contributed by atoms with Crippen LogP contribution in [0, 0.1) is 5.92 Å². The van der Waals surface area contributed by atoms with Crippen LogP contribution in [0.3, 0.4) is 0 Å². The summed E-state index contributed by atoms with van der Waals surface area (Å²) in [7, 11) is 0. The minimum absolute atomic E-state index is 0.132. The van der Waals surface area contributed by atoms with Gasteiger partial charge >= 0.3 is 0 Å². The van der Waals surface area contributed by atoms with Gasteiger partial charge in [-0.05, 0) is 44.4 Å². The van der Waals surface area contributed by atoms with E-state index in [1.807, 2.05) is 0 Å². The molecule has 19 heavy (non-hydrogen) atoms. The summed E-state index contributed by atoms with van der Waals surface area (Å²) < 4.78 is 0. The van der Waals surface area contributed by atoms with Crippen molar-refractivity contribution in [1.29, 1.82) is 0 Å². The molecular formula is C14H23N3O2. The van der Waals surface area contributed by atoms with E-state index in [-0.39, 0.29) is 17.9 Å². The van der Waals surface area contributed by atoms with Crippen LogP contribution in [0.2, 0.25) is 0 Å². The summed E-state index contributed by atoms with van der Waals surface area (Å²) in [5.41, 5.74) is 5.37. The van der Waals surface area contributed by atoms with Gasteiger partial charge < -0.3 is 16.0 Å². The van der Waals surface area contributed by atoms with E-state index in [1.54, 1.807) is 4.90 Å². The predicted molar refractivity (Wildman–Crippen MR) is 71.2 cm³/mol. The molecule has 0 spiro atoms. The van der Waals surface area contributed by atoms with E-state index in [0.717, 1.165) is 25.7 Å². The maximum atomic E-state index is 12.4. The molecule has 0 saturated carbocycles. The fourth-order valence-electron chi connectivity index (χ4n) is 4.07. The number of hydrogen-bond acceptors (Lipinski definition) is 3. The van der Waals surface area contributed by atoms with Gasteiger partial charge in [0.25, 0.3) is 0 Å². The summed E-state index contributed by atoms with van der Waals surface area (Å²) in [5, 5.41) is 3.59. The van der Waals surface area contributed by atoms with Crippen LogP contribution in [-0.4, -0.2) is 41.4 Å². The Labute approximate surface area is 113 Å². The Bertz CT molecular complexity index is 373. The number of nitrogens with zero attached hydrogens (tertiary/aromatic N) is 1.